The summed E-state index contributed by atoms with van der Waals surface area (Å²) in [5.41, 5.74) is 1.59. The number of aromatic nitrogens is 2. The Bertz CT molecular complexity index is 937. The topological polar surface area (TPSA) is 77.8 Å². The van der Waals surface area contributed by atoms with Gasteiger partial charge in [0.15, 0.2) is 5.96 Å². The third-order valence-electron chi connectivity index (χ3n) is 5.28. The minimum absolute atomic E-state index is 0.0955. The monoisotopic (exact) mass is 413 g/mol. The molecule has 160 valence electrons. The highest BCUT2D eigenvalue weighted by atomic mass is 19.1. The largest absolute Gasteiger partial charge is 0.340 e. The van der Waals surface area contributed by atoms with E-state index in [0.717, 1.165) is 43.5 Å². The van der Waals surface area contributed by atoms with E-state index in [0.29, 0.717) is 18.8 Å². The van der Waals surface area contributed by atoms with Crippen molar-refractivity contribution in [1.29, 1.82) is 0 Å². The fourth-order valence-electron chi connectivity index (χ4n) is 3.68. The number of carbonyl (C=O) groups excluding carboxylic acids is 1. The van der Waals surface area contributed by atoms with Gasteiger partial charge in [-0.05, 0) is 45.0 Å². The number of aliphatic imine (C=N–C) groups is 1. The molecule has 0 radical (unpaired) electrons. The third-order valence-corrected chi connectivity index (χ3v) is 5.28. The summed E-state index contributed by atoms with van der Waals surface area (Å²) in [4.78, 5) is 21.3. The van der Waals surface area contributed by atoms with E-state index in [1.807, 2.05) is 10.9 Å². The van der Waals surface area contributed by atoms with E-state index in [9.17, 15) is 9.18 Å². The van der Waals surface area contributed by atoms with Crippen molar-refractivity contribution in [3.63, 3.8) is 0 Å². The molecule has 2 aliphatic rings. The highest BCUT2D eigenvalue weighted by Gasteiger charge is 2.28. The summed E-state index contributed by atoms with van der Waals surface area (Å²) in [6.07, 6.45) is 1.88. The molecule has 0 aliphatic carbocycles. The first-order chi connectivity index (χ1) is 14.3. The smallest absolute Gasteiger partial charge is 0.238 e. The van der Waals surface area contributed by atoms with Crippen molar-refractivity contribution >= 4 is 23.4 Å². The second kappa shape index (κ2) is 8.06. The maximum absolute atomic E-state index is 13.0. The van der Waals surface area contributed by atoms with E-state index in [2.05, 4.69) is 51.3 Å². The van der Waals surface area contributed by atoms with E-state index < -0.39 is 0 Å². The molecule has 30 heavy (non-hydrogen) atoms. The van der Waals surface area contributed by atoms with Crippen LogP contribution in [-0.4, -0.2) is 64.2 Å². The van der Waals surface area contributed by atoms with Crippen LogP contribution in [0, 0.1) is 5.82 Å². The molecule has 3 heterocycles. The molecule has 9 heteroatoms. The number of guanidine groups is 1. The average molecular weight is 414 g/mol. The van der Waals surface area contributed by atoms with Crippen molar-refractivity contribution in [3.8, 4) is 0 Å². The predicted octanol–water partition coefficient (Wildman–Crippen LogP) is 2.31. The average Bonchev–Trinajstić information content (AvgIpc) is 3.14. The van der Waals surface area contributed by atoms with Gasteiger partial charge >= 0.3 is 0 Å². The molecule has 1 aromatic carbocycles. The maximum Gasteiger partial charge on any atom is 0.238 e. The Balaban J connectivity index is 1.30. The lowest BCUT2D eigenvalue weighted by Gasteiger charge is -2.37. The van der Waals surface area contributed by atoms with Gasteiger partial charge in [-0.15, -0.1) is 0 Å². The summed E-state index contributed by atoms with van der Waals surface area (Å²) < 4.78 is 15.0. The molecule has 1 aromatic heterocycles. The van der Waals surface area contributed by atoms with Gasteiger partial charge in [0, 0.05) is 37.4 Å². The normalized spacial score (nSPS) is 17.2. The van der Waals surface area contributed by atoms with Crippen molar-refractivity contribution < 1.29 is 9.18 Å². The summed E-state index contributed by atoms with van der Waals surface area (Å²) in [7, 11) is 0. The van der Waals surface area contributed by atoms with E-state index in [-0.39, 0.29) is 17.3 Å². The number of fused-ring (bicyclic) bond motifs is 1. The molecule has 1 fully saturated rings. The van der Waals surface area contributed by atoms with Gasteiger partial charge in [0.1, 0.15) is 11.6 Å². The van der Waals surface area contributed by atoms with Crippen LogP contribution in [0.4, 0.5) is 15.9 Å². The highest BCUT2D eigenvalue weighted by molar-refractivity contribution is 5.95. The van der Waals surface area contributed by atoms with E-state index in [1.54, 1.807) is 12.1 Å². The highest BCUT2D eigenvalue weighted by Crippen LogP contribution is 2.27. The van der Waals surface area contributed by atoms with Crippen molar-refractivity contribution in [2.24, 2.45) is 4.99 Å². The summed E-state index contributed by atoms with van der Waals surface area (Å²) >= 11 is 0. The number of nitrogens with one attached hydrogen (secondary N) is 2. The van der Waals surface area contributed by atoms with Gasteiger partial charge in [0.05, 0.1) is 24.8 Å². The molecule has 0 bridgehead atoms. The zero-order chi connectivity index (χ0) is 21.3. The Kier molecular flexibility index (Phi) is 5.46. The van der Waals surface area contributed by atoms with Crippen LogP contribution in [0.1, 0.15) is 26.3 Å². The van der Waals surface area contributed by atoms with Crippen LogP contribution in [0.5, 0.6) is 0 Å². The summed E-state index contributed by atoms with van der Waals surface area (Å²) in [5, 5.41) is 10.8. The van der Waals surface area contributed by atoms with Gasteiger partial charge in [-0.2, -0.15) is 5.10 Å². The second-order valence-electron chi connectivity index (χ2n) is 8.68. The van der Waals surface area contributed by atoms with Gasteiger partial charge in [-0.25, -0.2) is 14.1 Å². The number of benzene rings is 1. The van der Waals surface area contributed by atoms with Crippen molar-refractivity contribution in [3.05, 3.63) is 41.8 Å². The summed E-state index contributed by atoms with van der Waals surface area (Å²) in [5.74, 6) is 1.46. The van der Waals surface area contributed by atoms with E-state index in [4.69, 9.17) is 0 Å². The molecule has 2 N–H and O–H groups in total. The fourth-order valence-corrected chi connectivity index (χ4v) is 3.68. The Morgan fingerprint density at radius 1 is 1.17 bits per heavy atom. The first kappa shape index (κ1) is 20.3. The van der Waals surface area contributed by atoms with Crippen LogP contribution >= 0.6 is 0 Å². The lowest BCUT2D eigenvalue weighted by molar-refractivity contribution is -0.117. The van der Waals surface area contributed by atoms with Gasteiger partial charge < -0.3 is 15.5 Å². The van der Waals surface area contributed by atoms with Gasteiger partial charge in [-0.1, -0.05) is 0 Å². The molecule has 0 atom stereocenters. The summed E-state index contributed by atoms with van der Waals surface area (Å²) in [6, 6.07) is 5.80. The Morgan fingerprint density at radius 3 is 2.53 bits per heavy atom. The molecule has 0 unspecified atom stereocenters. The summed E-state index contributed by atoms with van der Waals surface area (Å²) in [6.45, 7) is 10.4. The number of anilines is 2. The number of nitrogens with zero attached hydrogens (tertiary/aromatic N) is 5. The molecule has 2 aromatic rings. The Hall–Kier alpha value is -2.94. The molecule has 8 nitrogen and oxygen atoms in total. The van der Waals surface area contributed by atoms with Crippen LogP contribution in [0.3, 0.4) is 0 Å². The molecule has 1 amide bonds. The molecule has 0 saturated carbocycles. The van der Waals surface area contributed by atoms with Crippen molar-refractivity contribution in [2.75, 3.05) is 43.4 Å². The SMILES string of the molecule is CC(C)(C)n1ncc2c1NC(N1CCN(CC(=O)Nc3ccc(F)cc3)CC1)=NC2. The lowest BCUT2D eigenvalue weighted by Crippen LogP contribution is -2.52. The number of rotatable bonds is 3. The molecular formula is C21H28FN7O. The Morgan fingerprint density at radius 2 is 1.87 bits per heavy atom. The molecule has 2 aliphatic heterocycles. The number of carbonyl (C=O) groups is 1. The first-order valence-corrected chi connectivity index (χ1v) is 10.2. The van der Waals surface area contributed by atoms with Crippen molar-refractivity contribution in [2.45, 2.75) is 32.9 Å². The number of hydrogen-bond donors (Lipinski definition) is 2. The molecule has 0 spiro atoms. The minimum Gasteiger partial charge on any atom is -0.340 e. The zero-order valence-corrected chi connectivity index (χ0v) is 17.7. The quantitative estimate of drug-likeness (QED) is 0.808. The molecular weight excluding hydrogens is 385 g/mol. The molecule has 4 rings (SSSR count). The minimum atomic E-state index is -0.318. The molecule has 1 saturated heterocycles. The van der Waals surface area contributed by atoms with Crippen LogP contribution in [-0.2, 0) is 16.9 Å². The first-order valence-electron chi connectivity index (χ1n) is 10.2. The maximum atomic E-state index is 13.0. The van der Waals surface area contributed by atoms with Crippen molar-refractivity contribution in [1.82, 2.24) is 19.6 Å². The van der Waals surface area contributed by atoms with E-state index in [1.165, 1.54) is 12.1 Å². The van der Waals surface area contributed by atoms with Gasteiger partial charge in [0.25, 0.3) is 0 Å². The van der Waals surface area contributed by atoms with Crippen LogP contribution in [0.2, 0.25) is 0 Å². The van der Waals surface area contributed by atoms with Gasteiger partial charge in [0.2, 0.25) is 5.91 Å². The standard InChI is InChI=1S/C21H28FN7O/c1-21(2,3)29-19-15(13-24-29)12-23-20(26-19)28-10-8-27(9-11-28)14-18(30)25-17-6-4-16(22)5-7-17/h4-7,13H,8-12,14H2,1-3H3,(H,23,26)(H,25,30). The van der Waals surface area contributed by atoms with Gasteiger partial charge in [-0.3, -0.25) is 9.69 Å². The lowest BCUT2D eigenvalue weighted by atomic mass is 10.1. The van der Waals surface area contributed by atoms with Crippen LogP contribution < -0.4 is 10.6 Å². The zero-order valence-electron chi connectivity index (χ0n) is 17.7. The number of hydrogen-bond acceptors (Lipinski definition) is 6. The second-order valence-corrected chi connectivity index (χ2v) is 8.68. The number of halogens is 1. The van der Waals surface area contributed by atoms with E-state index >= 15 is 0 Å². The number of piperazine rings is 1. The van der Waals surface area contributed by atoms with Crippen LogP contribution in [0.15, 0.2) is 35.5 Å². The predicted molar refractivity (Wildman–Crippen MR) is 115 cm³/mol. The third kappa shape index (κ3) is 4.46. The number of amides is 1. The van der Waals surface area contributed by atoms with Crippen LogP contribution in [0.25, 0.3) is 0 Å². The Labute approximate surface area is 175 Å². The fraction of sp³-hybridized carbons (Fsp3) is 0.476.